The molecule has 1 aliphatic rings. The Morgan fingerprint density at radius 3 is 1.28 bits per heavy atom. The molecule has 0 amide bonds. The minimum Gasteiger partial charge on any atom is -0.356 e. The summed E-state index contributed by atoms with van der Waals surface area (Å²) in [5.41, 5.74) is 0. The van der Waals surface area contributed by atoms with Gasteiger partial charge in [-0.05, 0) is 19.3 Å². The quantitative estimate of drug-likeness (QED) is 0.176. The van der Waals surface area contributed by atoms with E-state index in [2.05, 4.69) is 43.0 Å². The fourth-order valence-corrected chi connectivity index (χ4v) is 4.70. The first kappa shape index (κ1) is 26.4. The molecule has 0 fully saturated rings. The zero-order valence-electron chi connectivity index (χ0n) is 20.5. The van der Waals surface area contributed by atoms with Crippen molar-refractivity contribution in [2.75, 3.05) is 13.1 Å². The predicted octanol–water partition coefficient (Wildman–Crippen LogP) is 8.87. The van der Waals surface area contributed by atoms with Crippen LogP contribution in [0.4, 0.5) is 0 Å². The summed E-state index contributed by atoms with van der Waals surface area (Å²) < 4.78 is 0. The summed E-state index contributed by atoms with van der Waals surface area (Å²) in [5.74, 6) is 0. The van der Waals surface area contributed by atoms with Crippen LogP contribution < -0.4 is 0 Å². The molecule has 1 atom stereocenters. The van der Waals surface area contributed by atoms with Crippen molar-refractivity contribution < 1.29 is 0 Å². The number of nitrogens with zero attached hydrogens (tertiary/aromatic N) is 2. The molecule has 0 aliphatic carbocycles. The van der Waals surface area contributed by atoms with E-state index < -0.39 is 0 Å². The van der Waals surface area contributed by atoms with E-state index >= 15 is 0 Å². The molecule has 1 unspecified atom stereocenters. The fraction of sp³-hybridized carbons (Fsp3) is 0.926. The highest BCUT2D eigenvalue weighted by Crippen LogP contribution is 2.21. The molecule has 0 N–H and O–H groups in total. The number of unbranched alkanes of at least 4 members (excludes halogenated alkanes) is 15. The van der Waals surface area contributed by atoms with Crippen molar-refractivity contribution in [3.8, 4) is 0 Å². The van der Waals surface area contributed by atoms with E-state index in [0.717, 1.165) is 0 Å². The lowest BCUT2D eigenvalue weighted by Crippen LogP contribution is -2.39. The Hall–Kier alpha value is -0.660. The maximum atomic E-state index is 2.60. The maximum Gasteiger partial charge on any atom is 0.101 e. The molecule has 2 nitrogen and oxygen atoms in total. The van der Waals surface area contributed by atoms with Crippen molar-refractivity contribution in [1.29, 1.82) is 0 Å². The third kappa shape index (κ3) is 13.3. The predicted molar refractivity (Wildman–Crippen MR) is 131 cm³/mol. The largest absolute Gasteiger partial charge is 0.356 e. The molecule has 1 rings (SSSR count). The van der Waals surface area contributed by atoms with E-state index in [1.807, 2.05) is 0 Å². The van der Waals surface area contributed by atoms with Crippen molar-refractivity contribution in [2.24, 2.45) is 0 Å². The first-order valence-electron chi connectivity index (χ1n) is 13.5. The molecule has 0 aromatic heterocycles. The number of hydrogen-bond acceptors (Lipinski definition) is 2. The van der Waals surface area contributed by atoms with Gasteiger partial charge in [0.05, 0.1) is 0 Å². The smallest absolute Gasteiger partial charge is 0.101 e. The van der Waals surface area contributed by atoms with Gasteiger partial charge in [-0.25, -0.2) is 0 Å². The Bertz CT molecular complexity index is 366. The Morgan fingerprint density at radius 2 is 0.862 bits per heavy atom. The molecule has 0 aromatic rings. The number of rotatable bonds is 21. The highest BCUT2D eigenvalue weighted by Gasteiger charge is 2.23. The topological polar surface area (TPSA) is 6.48 Å². The van der Waals surface area contributed by atoms with Gasteiger partial charge in [-0.3, -0.25) is 0 Å². The van der Waals surface area contributed by atoms with Crippen molar-refractivity contribution >= 4 is 0 Å². The van der Waals surface area contributed by atoms with E-state index in [4.69, 9.17) is 0 Å². The van der Waals surface area contributed by atoms with E-state index in [1.54, 1.807) is 0 Å². The lowest BCUT2D eigenvalue weighted by atomic mass is 10.0. The molecule has 2 heteroatoms. The van der Waals surface area contributed by atoms with Gasteiger partial charge in [-0.2, -0.15) is 0 Å². The zero-order valence-corrected chi connectivity index (χ0v) is 20.5. The van der Waals surface area contributed by atoms with Crippen LogP contribution in [-0.4, -0.2) is 29.1 Å². The summed E-state index contributed by atoms with van der Waals surface area (Å²) in [6, 6.07) is 0. The monoisotopic (exact) mass is 406 g/mol. The Morgan fingerprint density at radius 1 is 0.448 bits per heavy atom. The van der Waals surface area contributed by atoms with Crippen LogP contribution in [0.5, 0.6) is 0 Å². The van der Waals surface area contributed by atoms with E-state index in [1.165, 1.54) is 135 Å². The molecule has 0 spiro atoms. The molecule has 1 heterocycles. The second-order valence-corrected chi connectivity index (χ2v) is 9.35. The van der Waals surface area contributed by atoms with E-state index in [9.17, 15) is 0 Å². The standard InChI is InChI=1S/C27H54N2/c1-4-7-8-9-10-11-12-13-14-15-16-17-18-19-20-21-24-29-26-25-28(23-6-3)27(29)22-5-2/h25-27H,4-24H2,1-3H3. The highest BCUT2D eigenvalue weighted by molar-refractivity contribution is 4.96. The van der Waals surface area contributed by atoms with Crippen LogP contribution in [-0.2, 0) is 0 Å². The molecule has 0 radical (unpaired) electrons. The van der Waals surface area contributed by atoms with Crippen LogP contribution in [0.1, 0.15) is 143 Å². The van der Waals surface area contributed by atoms with Crippen molar-refractivity contribution in [1.82, 2.24) is 9.80 Å². The SMILES string of the molecule is CCCCCCCCCCCCCCCCCCN1C=CN(CCC)C1CCC. The molecular weight excluding hydrogens is 352 g/mol. The third-order valence-corrected chi connectivity index (χ3v) is 6.51. The highest BCUT2D eigenvalue weighted by atomic mass is 15.4. The molecule has 0 saturated heterocycles. The van der Waals surface area contributed by atoms with Gasteiger partial charge in [0.25, 0.3) is 0 Å². The molecule has 0 aromatic carbocycles. The molecule has 1 aliphatic heterocycles. The Balaban J connectivity index is 1.86. The zero-order chi connectivity index (χ0) is 21.0. The van der Waals surface area contributed by atoms with Crippen molar-refractivity contribution in [3.05, 3.63) is 12.4 Å². The third-order valence-electron chi connectivity index (χ3n) is 6.51. The first-order chi connectivity index (χ1) is 14.3. The maximum absolute atomic E-state index is 2.60. The van der Waals surface area contributed by atoms with Gasteiger partial charge in [0.1, 0.15) is 6.17 Å². The molecular formula is C27H54N2. The van der Waals surface area contributed by atoms with Gasteiger partial charge < -0.3 is 9.80 Å². The normalized spacial score (nSPS) is 16.3. The van der Waals surface area contributed by atoms with Crippen LogP contribution in [0, 0.1) is 0 Å². The summed E-state index contributed by atoms with van der Waals surface area (Å²) in [5, 5.41) is 0. The second kappa shape index (κ2) is 19.3. The Kier molecular flexibility index (Phi) is 17.6. The van der Waals surface area contributed by atoms with E-state index in [0.29, 0.717) is 6.17 Å². The lowest BCUT2D eigenvalue weighted by molar-refractivity contribution is 0.140. The van der Waals surface area contributed by atoms with Crippen LogP contribution >= 0.6 is 0 Å². The summed E-state index contributed by atoms with van der Waals surface area (Å²) in [6.07, 6.45) is 32.3. The average Bonchev–Trinajstić information content (AvgIpc) is 3.10. The van der Waals surface area contributed by atoms with Crippen molar-refractivity contribution in [3.63, 3.8) is 0 Å². The summed E-state index contributed by atoms with van der Waals surface area (Å²) >= 11 is 0. The van der Waals surface area contributed by atoms with Crippen LogP contribution in [0.15, 0.2) is 12.4 Å². The summed E-state index contributed by atoms with van der Waals surface area (Å²) in [4.78, 5) is 5.15. The van der Waals surface area contributed by atoms with Crippen LogP contribution in [0.2, 0.25) is 0 Å². The van der Waals surface area contributed by atoms with Crippen molar-refractivity contribution in [2.45, 2.75) is 149 Å². The Labute approximate surface area is 184 Å². The average molecular weight is 407 g/mol. The van der Waals surface area contributed by atoms with Gasteiger partial charge in [0, 0.05) is 25.5 Å². The molecule has 172 valence electrons. The van der Waals surface area contributed by atoms with Gasteiger partial charge in [-0.1, -0.05) is 124 Å². The molecule has 29 heavy (non-hydrogen) atoms. The van der Waals surface area contributed by atoms with Gasteiger partial charge in [0.15, 0.2) is 0 Å². The lowest BCUT2D eigenvalue weighted by Gasteiger charge is -2.32. The van der Waals surface area contributed by atoms with Gasteiger partial charge in [0.2, 0.25) is 0 Å². The second-order valence-electron chi connectivity index (χ2n) is 9.35. The minimum absolute atomic E-state index is 0.635. The molecule has 0 bridgehead atoms. The summed E-state index contributed by atoms with van der Waals surface area (Å²) in [6.45, 7) is 9.36. The van der Waals surface area contributed by atoms with Gasteiger partial charge in [-0.15, -0.1) is 0 Å². The minimum atomic E-state index is 0.635. The van der Waals surface area contributed by atoms with Gasteiger partial charge >= 0.3 is 0 Å². The number of hydrogen-bond donors (Lipinski definition) is 0. The molecule has 0 saturated carbocycles. The first-order valence-corrected chi connectivity index (χ1v) is 13.5. The van der Waals surface area contributed by atoms with Crippen LogP contribution in [0.25, 0.3) is 0 Å². The van der Waals surface area contributed by atoms with Crippen LogP contribution in [0.3, 0.4) is 0 Å². The van der Waals surface area contributed by atoms with E-state index in [-0.39, 0.29) is 0 Å². The summed E-state index contributed by atoms with van der Waals surface area (Å²) in [7, 11) is 0. The fourth-order valence-electron chi connectivity index (χ4n) is 4.70.